The van der Waals surface area contributed by atoms with Crippen LogP contribution in [0.15, 0.2) is 103 Å². The Bertz CT molecular complexity index is 1490. The van der Waals surface area contributed by atoms with Crippen LogP contribution in [0.2, 0.25) is 0 Å². The molecule has 142 valence electrons. The lowest BCUT2D eigenvalue weighted by atomic mass is 10.0. The third-order valence-electron chi connectivity index (χ3n) is 5.63. The molecule has 3 nitrogen and oxygen atoms in total. The number of nitrogens with one attached hydrogen (secondary N) is 2. The minimum Gasteiger partial charge on any atom is -0.360 e. The lowest BCUT2D eigenvalue weighted by Gasteiger charge is -2.05. The zero-order valence-corrected chi connectivity index (χ0v) is 16.3. The molecule has 0 aliphatic heterocycles. The Kier molecular flexibility index (Phi) is 3.78. The van der Waals surface area contributed by atoms with Crippen molar-refractivity contribution in [3.05, 3.63) is 103 Å². The van der Waals surface area contributed by atoms with Crippen molar-refractivity contribution < 1.29 is 0 Å². The lowest BCUT2D eigenvalue weighted by Crippen LogP contribution is -1.84. The van der Waals surface area contributed by atoms with Gasteiger partial charge in [0, 0.05) is 33.8 Å². The number of aromatic nitrogens is 3. The summed E-state index contributed by atoms with van der Waals surface area (Å²) in [4.78, 5) is 12.0. The molecule has 6 aromatic rings. The highest BCUT2D eigenvalue weighted by Crippen LogP contribution is 2.36. The summed E-state index contributed by atoms with van der Waals surface area (Å²) >= 11 is 0. The summed E-state index contributed by atoms with van der Waals surface area (Å²) in [6.07, 6.45) is 2.03. The normalized spacial score (nSPS) is 11.3. The van der Waals surface area contributed by atoms with Crippen LogP contribution in [0.1, 0.15) is 0 Å². The van der Waals surface area contributed by atoms with E-state index in [-0.39, 0.29) is 0 Å². The molecule has 0 aliphatic carbocycles. The molecule has 3 heteroatoms. The van der Waals surface area contributed by atoms with Gasteiger partial charge in [0.15, 0.2) is 0 Å². The number of aromatic amines is 2. The summed E-state index contributed by atoms with van der Waals surface area (Å²) in [5, 5.41) is 3.61. The molecule has 0 saturated heterocycles. The van der Waals surface area contributed by atoms with Gasteiger partial charge in [0.25, 0.3) is 0 Å². The monoisotopic (exact) mass is 385 g/mol. The van der Waals surface area contributed by atoms with Crippen molar-refractivity contribution in [3.63, 3.8) is 0 Å². The average Bonchev–Trinajstić information content (AvgIpc) is 3.44. The van der Waals surface area contributed by atoms with Crippen molar-refractivity contribution in [2.45, 2.75) is 0 Å². The molecule has 0 unspecified atom stereocenters. The summed E-state index contributed by atoms with van der Waals surface area (Å²) in [5.41, 5.74) is 6.42. The maximum Gasteiger partial charge on any atom is 0.140 e. The second-order valence-corrected chi connectivity index (χ2v) is 7.48. The number of nitrogens with zero attached hydrogens (tertiary/aromatic N) is 1. The van der Waals surface area contributed by atoms with Gasteiger partial charge in [-0.1, -0.05) is 84.9 Å². The molecule has 4 aromatic carbocycles. The van der Waals surface area contributed by atoms with E-state index in [1.165, 1.54) is 10.8 Å². The van der Waals surface area contributed by atoms with E-state index in [2.05, 4.69) is 94.9 Å². The van der Waals surface area contributed by atoms with Crippen LogP contribution in [0.25, 0.3) is 55.6 Å². The minimum atomic E-state index is 0.870. The minimum absolute atomic E-state index is 0.870. The van der Waals surface area contributed by atoms with Gasteiger partial charge in [-0.15, -0.1) is 0 Å². The summed E-state index contributed by atoms with van der Waals surface area (Å²) in [7, 11) is 0. The van der Waals surface area contributed by atoms with Gasteiger partial charge in [0.05, 0.1) is 11.4 Å². The van der Waals surface area contributed by atoms with Crippen molar-refractivity contribution >= 4 is 21.7 Å². The van der Waals surface area contributed by atoms with Gasteiger partial charge < -0.3 is 9.97 Å². The van der Waals surface area contributed by atoms with Crippen LogP contribution < -0.4 is 0 Å². The van der Waals surface area contributed by atoms with E-state index in [1.807, 2.05) is 18.3 Å². The molecular weight excluding hydrogens is 366 g/mol. The van der Waals surface area contributed by atoms with Gasteiger partial charge in [-0.2, -0.15) is 0 Å². The zero-order chi connectivity index (χ0) is 19.9. The largest absolute Gasteiger partial charge is 0.360 e. The number of fused-ring (bicyclic) bond motifs is 2. The molecule has 2 aromatic heterocycles. The summed E-state index contributed by atoms with van der Waals surface area (Å²) < 4.78 is 0. The number of rotatable bonds is 3. The molecular formula is C27H19N3. The van der Waals surface area contributed by atoms with Crippen LogP contribution >= 0.6 is 0 Å². The highest BCUT2D eigenvalue weighted by Gasteiger charge is 2.17. The van der Waals surface area contributed by atoms with Crippen LogP contribution in [0, 0.1) is 0 Å². The molecule has 2 heterocycles. The Hall–Kier alpha value is -4.11. The molecule has 0 radical (unpaired) electrons. The first-order valence-corrected chi connectivity index (χ1v) is 10.1. The maximum atomic E-state index is 5.08. The Labute approximate surface area is 174 Å². The predicted octanol–water partition coefficient (Wildman–Crippen LogP) is 7.05. The first kappa shape index (κ1) is 16.8. The number of hydrogen-bond donors (Lipinski definition) is 2. The third kappa shape index (κ3) is 2.72. The van der Waals surface area contributed by atoms with Gasteiger partial charge in [0.1, 0.15) is 5.82 Å². The SMILES string of the molecule is c1ccc(-c2[nH]c(-c3c[nH]c4ccccc34)nc2-c2ccc3ccccc3c2)cc1. The molecule has 0 saturated carbocycles. The van der Waals surface area contributed by atoms with Gasteiger partial charge in [-0.05, 0) is 22.9 Å². The summed E-state index contributed by atoms with van der Waals surface area (Å²) in [6, 6.07) is 33.7. The second-order valence-electron chi connectivity index (χ2n) is 7.48. The molecule has 6 rings (SSSR count). The number of benzene rings is 4. The highest BCUT2D eigenvalue weighted by molar-refractivity contribution is 5.96. The average molecular weight is 385 g/mol. The van der Waals surface area contributed by atoms with Crippen molar-refractivity contribution in [2.75, 3.05) is 0 Å². The van der Waals surface area contributed by atoms with E-state index in [4.69, 9.17) is 4.98 Å². The topological polar surface area (TPSA) is 44.5 Å². The smallest absolute Gasteiger partial charge is 0.140 e. The Balaban J connectivity index is 1.59. The third-order valence-corrected chi connectivity index (χ3v) is 5.63. The van der Waals surface area contributed by atoms with Crippen molar-refractivity contribution in [1.29, 1.82) is 0 Å². The zero-order valence-electron chi connectivity index (χ0n) is 16.3. The molecule has 2 N–H and O–H groups in total. The van der Waals surface area contributed by atoms with Crippen molar-refractivity contribution in [1.82, 2.24) is 15.0 Å². The Morgan fingerprint density at radius 2 is 1.40 bits per heavy atom. The van der Waals surface area contributed by atoms with Crippen molar-refractivity contribution in [2.24, 2.45) is 0 Å². The molecule has 30 heavy (non-hydrogen) atoms. The van der Waals surface area contributed by atoms with E-state index in [0.29, 0.717) is 0 Å². The number of hydrogen-bond acceptors (Lipinski definition) is 1. The first-order valence-electron chi connectivity index (χ1n) is 10.1. The van der Waals surface area contributed by atoms with Crippen LogP contribution in [-0.4, -0.2) is 15.0 Å². The van der Waals surface area contributed by atoms with E-state index in [9.17, 15) is 0 Å². The van der Waals surface area contributed by atoms with Crippen molar-refractivity contribution in [3.8, 4) is 33.9 Å². The van der Waals surface area contributed by atoms with E-state index in [1.54, 1.807) is 0 Å². The summed E-state index contributed by atoms with van der Waals surface area (Å²) in [6.45, 7) is 0. The molecule has 0 spiro atoms. The van der Waals surface area contributed by atoms with Crippen LogP contribution in [0.4, 0.5) is 0 Å². The summed E-state index contributed by atoms with van der Waals surface area (Å²) in [5.74, 6) is 0.870. The Morgan fingerprint density at radius 3 is 2.30 bits per heavy atom. The maximum absolute atomic E-state index is 5.08. The molecule has 0 bridgehead atoms. The second kappa shape index (κ2) is 6.75. The molecule has 0 fully saturated rings. The fourth-order valence-electron chi connectivity index (χ4n) is 4.13. The van der Waals surface area contributed by atoms with Crippen LogP contribution in [-0.2, 0) is 0 Å². The lowest BCUT2D eigenvalue weighted by molar-refractivity contribution is 1.31. The van der Waals surface area contributed by atoms with Gasteiger partial charge >= 0.3 is 0 Å². The van der Waals surface area contributed by atoms with Gasteiger partial charge in [-0.3, -0.25) is 0 Å². The number of H-pyrrole nitrogens is 2. The number of para-hydroxylation sites is 1. The first-order chi connectivity index (χ1) is 14.9. The standard InChI is InChI=1S/C27H19N3/c1-2-9-19(10-3-1)25-26(21-15-14-18-8-4-5-11-20(18)16-21)30-27(29-25)23-17-28-24-13-7-6-12-22(23)24/h1-17,28H,(H,29,30). The van der Waals surface area contributed by atoms with Gasteiger partial charge in [-0.25, -0.2) is 4.98 Å². The highest BCUT2D eigenvalue weighted by atomic mass is 14.9. The van der Waals surface area contributed by atoms with Crippen LogP contribution in [0.5, 0.6) is 0 Å². The van der Waals surface area contributed by atoms with Crippen LogP contribution in [0.3, 0.4) is 0 Å². The fourth-order valence-corrected chi connectivity index (χ4v) is 4.13. The Morgan fingerprint density at radius 1 is 0.633 bits per heavy atom. The number of imidazole rings is 1. The quantitative estimate of drug-likeness (QED) is 0.337. The van der Waals surface area contributed by atoms with E-state index >= 15 is 0 Å². The molecule has 0 aliphatic rings. The van der Waals surface area contributed by atoms with E-state index in [0.717, 1.165) is 44.8 Å². The molecule has 0 amide bonds. The molecule has 0 atom stereocenters. The van der Waals surface area contributed by atoms with E-state index < -0.39 is 0 Å². The predicted molar refractivity (Wildman–Crippen MR) is 124 cm³/mol. The fraction of sp³-hybridized carbons (Fsp3) is 0. The van der Waals surface area contributed by atoms with Gasteiger partial charge in [0.2, 0.25) is 0 Å².